The Morgan fingerprint density at radius 3 is 2.29 bits per heavy atom. The zero-order valence-electron chi connectivity index (χ0n) is 18.2. The summed E-state index contributed by atoms with van der Waals surface area (Å²) in [7, 11) is 1.93. The molecule has 3 rings (SSSR count). The van der Waals surface area contributed by atoms with Crippen molar-refractivity contribution in [1.82, 2.24) is 0 Å². The van der Waals surface area contributed by atoms with E-state index in [0.717, 1.165) is 32.1 Å². The molecule has 2 saturated carbocycles. The summed E-state index contributed by atoms with van der Waals surface area (Å²) in [5.41, 5.74) is -1.65. The van der Waals surface area contributed by atoms with Crippen molar-refractivity contribution in [1.29, 1.82) is 0 Å². The Kier molecular flexibility index (Phi) is 6.14. The molecule has 8 atom stereocenters. The van der Waals surface area contributed by atoms with E-state index >= 15 is 0 Å². The van der Waals surface area contributed by atoms with Gasteiger partial charge in [-0.1, -0.05) is 13.3 Å². The standard InChI is InChI=1S/C22H36ClN2O2S/c1-19(2)16(23)9-12-22(5,27-19)15-7-10-20(3,24-6)14-8-11-21(4,26)18(17(14)15)25-13-28/h14-18,26H,7-12H2,1-6H3/q-1/t14-,15-,16-,17-,18+,20-,21+,22+/m0/s1. The minimum absolute atomic E-state index is 0.0140. The molecule has 1 heterocycles. The number of hydrogen-bond donors (Lipinski definition) is 1. The maximum absolute atomic E-state index is 11.2. The Labute approximate surface area is 180 Å². The van der Waals surface area contributed by atoms with E-state index in [9.17, 15) is 5.11 Å². The Morgan fingerprint density at radius 2 is 1.71 bits per heavy atom. The average molecular weight is 428 g/mol. The molecule has 1 aliphatic heterocycles. The first-order valence-electron chi connectivity index (χ1n) is 10.6. The van der Waals surface area contributed by atoms with Crippen LogP contribution in [0.4, 0.5) is 0 Å². The summed E-state index contributed by atoms with van der Waals surface area (Å²) in [6.07, 6.45) is 5.57. The lowest BCUT2D eigenvalue weighted by atomic mass is 9.51. The normalized spacial score (nSPS) is 51.1. The molecular weight excluding hydrogens is 392 g/mol. The molecule has 1 N–H and O–H groups in total. The van der Waals surface area contributed by atoms with E-state index in [1.165, 1.54) is 0 Å². The van der Waals surface area contributed by atoms with Gasteiger partial charge in [0.15, 0.2) is 0 Å². The molecule has 0 radical (unpaired) electrons. The van der Waals surface area contributed by atoms with Gasteiger partial charge in [-0.15, -0.1) is 17.1 Å². The first-order chi connectivity index (χ1) is 12.9. The highest BCUT2D eigenvalue weighted by Gasteiger charge is 2.59. The number of halogens is 1. The van der Waals surface area contributed by atoms with Gasteiger partial charge in [-0.05, 0) is 89.8 Å². The lowest BCUT2D eigenvalue weighted by molar-refractivity contribution is -0.219. The molecule has 3 fully saturated rings. The van der Waals surface area contributed by atoms with Crippen LogP contribution in [0.2, 0.25) is 0 Å². The first-order valence-corrected chi connectivity index (χ1v) is 11.5. The lowest BCUT2D eigenvalue weighted by Crippen LogP contribution is -2.64. The van der Waals surface area contributed by atoms with Gasteiger partial charge >= 0.3 is 0 Å². The summed E-state index contributed by atoms with van der Waals surface area (Å²) in [6, 6.07) is -0.271. The van der Waals surface area contributed by atoms with E-state index in [-0.39, 0.29) is 40.0 Å². The van der Waals surface area contributed by atoms with Crippen molar-refractivity contribution in [2.24, 2.45) is 22.7 Å². The van der Waals surface area contributed by atoms with Crippen LogP contribution in [0, 0.1) is 17.8 Å². The van der Waals surface area contributed by atoms with Crippen molar-refractivity contribution in [3.63, 3.8) is 0 Å². The van der Waals surface area contributed by atoms with E-state index < -0.39 is 5.60 Å². The summed E-state index contributed by atoms with van der Waals surface area (Å²) in [6.45, 7) is 10.6. The predicted molar refractivity (Wildman–Crippen MR) is 119 cm³/mol. The zero-order valence-corrected chi connectivity index (χ0v) is 19.7. The second-order valence-corrected chi connectivity index (χ2v) is 11.2. The van der Waals surface area contributed by atoms with Crippen LogP contribution in [0.5, 0.6) is 0 Å². The SMILES string of the molecule is C[N-][C@@]1(C)CC[C@H]([C@@]2(C)CC[C@H](Cl)C(C)(C)O2)[C@H]2[C@@H](N=C=S)[C@](C)(O)CC[C@@H]21. The van der Waals surface area contributed by atoms with E-state index in [2.05, 4.69) is 37.8 Å². The minimum Gasteiger partial charge on any atom is -0.659 e. The highest BCUT2D eigenvalue weighted by Crippen LogP contribution is 2.59. The number of alkyl halides is 1. The van der Waals surface area contributed by atoms with Crippen LogP contribution >= 0.6 is 23.8 Å². The summed E-state index contributed by atoms with van der Waals surface area (Å²) in [5, 5.41) is 18.6. The monoisotopic (exact) mass is 427 g/mol. The van der Waals surface area contributed by atoms with Crippen LogP contribution in [0.25, 0.3) is 5.32 Å². The second kappa shape index (κ2) is 7.59. The van der Waals surface area contributed by atoms with Gasteiger partial charge in [-0.25, -0.2) is 4.99 Å². The molecule has 0 unspecified atom stereocenters. The van der Waals surface area contributed by atoms with Crippen molar-refractivity contribution >= 4 is 29.0 Å². The third-order valence-corrected chi connectivity index (χ3v) is 9.13. The highest BCUT2D eigenvalue weighted by atomic mass is 35.5. The Balaban J connectivity index is 2.04. The predicted octanol–water partition coefficient (Wildman–Crippen LogP) is 5.36. The topological polar surface area (TPSA) is 55.9 Å². The molecule has 160 valence electrons. The van der Waals surface area contributed by atoms with Gasteiger partial charge in [-0.2, -0.15) is 7.05 Å². The average Bonchev–Trinajstić information content (AvgIpc) is 2.60. The van der Waals surface area contributed by atoms with Crippen LogP contribution in [0.3, 0.4) is 0 Å². The van der Waals surface area contributed by atoms with E-state index in [4.69, 9.17) is 33.9 Å². The van der Waals surface area contributed by atoms with Crippen LogP contribution in [-0.2, 0) is 4.74 Å². The molecule has 0 amide bonds. The van der Waals surface area contributed by atoms with Gasteiger partial charge in [0.25, 0.3) is 0 Å². The molecule has 1 saturated heterocycles. The minimum atomic E-state index is -0.882. The Bertz CT molecular complexity index is 650. The van der Waals surface area contributed by atoms with Gasteiger partial charge in [0.1, 0.15) is 0 Å². The summed E-state index contributed by atoms with van der Waals surface area (Å²) >= 11 is 11.6. The lowest BCUT2D eigenvalue weighted by Gasteiger charge is -2.65. The molecule has 3 aliphatic rings. The fourth-order valence-electron chi connectivity index (χ4n) is 6.48. The molecule has 0 aromatic carbocycles. The van der Waals surface area contributed by atoms with Crippen LogP contribution in [0.1, 0.15) is 73.1 Å². The number of hydrogen-bond acceptors (Lipinski definition) is 4. The molecule has 28 heavy (non-hydrogen) atoms. The zero-order chi connectivity index (χ0) is 21.0. The number of thiocarbonyl (C=S) groups is 1. The van der Waals surface area contributed by atoms with Crippen LogP contribution < -0.4 is 0 Å². The van der Waals surface area contributed by atoms with Gasteiger partial charge in [0.05, 0.1) is 33.4 Å². The smallest absolute Gasteiger partial charge is 0.0920 e. The van der Waals surface area contributed by atoms with Crippen LogP contribution in [-0.4, -0.2) is 51.1 Å². The molecule has 0 spiro atoms. The maximum Gasteiger partial charge on any atom is 0.0920 e. The van der Waals surface area contributed by atoms with Gasteiger partial charge in [-0.3, -0.25) is 0 Å². The molecule has 0 bridgehead atoms. The molecule has 6 heteroatoms. The number of isothiocyanates is 1. The third kappa shape index (κ3) is 3.72. The number of ether oxygens (including phenoxy) is 1. The Morgan fingerprint density at radius 1 is 1.07 bits per heavy atom. The van der Waals surface area contributed by atoms with Crippen molar-refractivity contribution in [3.05, 3.63) is 5.32 Å². The summed E-state index contributed by atoms with van der Waals surface area (Å²) in [5.74, 6) is 0.791. The largest absolute Gasteiger partial charge is 0.659 e. The Hall–Kier alpha value is -0.0300. The van der Waals surface area contributed by atoms with Crippen molar-refractivity contribution in [3.8, 4) is 0 Å². The summed E-state index contributed by atoms with van der Waals surface area (Å²) < 4.78 is 6.73. The van der Waals surface area contributed by atoms with Gasteiger partial charge < -0.3 is 15.2 Å². The summed E-state index contributed by atoms with van der Waals surface area (Å²) in [4.78, 5) is 4.54. The quantitative estimate of drug-likeness (QED) is 0.374. The molecule has 2 aliphatic carbocycles. The second-order valence-electron chi connectivity index (χ2n) is 10.5. The fourth-order valence-corrected chi connectivity index (χ4v) is 6.75. The van der Waals surface area contributed by atoms with E-state index in [1.54, 1.807) is 0 Å². The van der Waals surface area contributed by atoms with Crippen LogP contribution in [0.15, 0.2) is 4.99 Å². The number of fused-ring (bicyclic) bond motifs is 1. The number of aliphatic hydroxyl groups is 1. The first kappa shape index (κ1) is 22.7. The fraction of sp³-hybridized carbons (Fsp3) is 0.955. The number of aliphatic imine (C=N–C) groups is 1. The molecule has 4 nitrogen and oxygen atoms in total. The highest BCUT2D eigenvalue weighted by molar-refractivity contribution is 7.78. The third-order valence-electron chi connectivity index (χ3n) is 8.28. The number of nitrogens with zero attached hydrogens (tertiary/aromatic N) is 2. The van der Waals surface area contributed by atoms with E-state index in [1.807, 2.05) is 14.0 Å². The van der Waals surface area contributed by atoms with Crippen molar-refractivity contribution < 1.29 is 9.84 Å². The molecule has 0 aromatic heterocycles. The van der Waals surface area contributed by atoms with E-state index in [0.29, 0.717) is 12.3 Å². The molecular formula is C22H36ClN2O2S-. The van der Waals surface area contributed by atoms with Gasteiger partial charge in [0.2, 0.25) is 0 Å². The maximum atomic E-state index is 11.2. The molecule has 0 aromatic rings. The van der Waals surface area contributed by atoms with Crippen molar-refractivity contribution in [2.75, 3.05) is 7.05 Å². The van der Waals surface area contributed by atoms with Gasteiger partial charge in [0, 0.05) is 0 Å². The number of rotatable bonds is 3. The van der Waals surface area contributed by atoms with Crippen molar-refractivity contribution in [2.45, 2.75) is 107 Å².